The fourth-order valence-electron chi connectivity index (χ4n) is 1.92. The lowest BCUT2D eigenvalue weighted by Crippen LogP contribution is -1.90. The number of hydrogen-bond acceptors (Lipinski definition) is 4. The second-order valence-electron chi connectivity index (χ2n) is 4.02. The van der Waals surface area contributed by atoms with Gasteiger partial charge in [0.15, 0.2) is 5.82 Å². The number of hydrogen-bond donors (Lipinski definition) is 1. The zero-order valence-corrected chi connectivity index (χ0v) is 9.70. The molecule has 0 bridgehead atoms. The van der Waals surface area contributed by atoms with Crippen LogP contribution in [0.5, 0.6) is 0 Å². The largest absolute Gasteiger partial charge is 0.381 e. The summed E-state index contributed by atoms with van der Waals surface area (Å²) < 4.78 is 3.36. The Morgan fingerprint density at radius 1 is 1.28 bits per heavy atom. The Kier molecular flexibility index (Phi) is 2.07. The van der Waals surface area contributed by atoms with E-state index in [1.54, 1.807) is 15.4 Å². The van der Waals surface area contributed by atoms with Crippen LogP contribution in [0.25, 0.3) is 16.6 Å². The Bertz CT molecular complexity index is 774. The van der Waals surface area contributed by atoms with Crippen molar-refractivity contribution in [3.05, 3.63) is 36.3 Å². The molecule has 88 valence electrons. The molecule has 3 heterocycles. The standard InChI is InChI=1S/C12H10N6/c1-17-6-9(5-15-17)8-2-3-11-10(4-13)12(14)16-18(11)7-8/h2-3,5-7H,1H3,(H2,14,16). The maximum Gasteiger partial charge on any atom is 0.164 e. The number of aromatic nitrogens is 4. The molecule has 18 heavy (non-hydrogen) atoms. The average Bonchev–Trinajstić information content (AvgIpc) is 2.90. The Morgan fingerprint density at radius 3 is 2.78 bits per heavy atom. The maximum absolute atomic E-state index is 9.00. The second kappa shape index (κ2) is 3.60. The molecule has 6 nitrogen and oxygen atoms in total. The van der Waals surface area contributed by atoms with Crippen LogP contribution < -0.4 is 5.73 Å². The second-order valence-corrected chi connectivity index (χ2v) is 4.02. The zero-order chi connectivity index (χ0) is 12.7. The van der Waals surface area contributed by atoms with Crippen LogP contribution in [0, 0.1) is 11.3 Å². The molecule has 3 aromatic heterocycles. The maximum atomic E-state index is 9.00. The van der Waals surface area contributed by atoms with E-state index >= 15 is 0 Å². The van der Waals surface area contributed by atoms with E-state index < -0.39 is 0 Å². The normalized spacial score (nSPS) is 10.7. The lowest BCUT2D eigenvalue weighted by Gasteiger charge is -1.98. The molecule has 0 saturated heterocycles. The molecule has 3 aromatic rings. The lowest BCUT2D eigenvalue weighted by molar-refractivity contribution is 0.768. The van der Waals surface area contributed by atoms with Crippen molar-refractivity contribution < 1.29 is 0 Å². The number of pyridine rings is 1. The average molecular weight is 238 g/mol. The van der Waals surface area contributed by atoms with Crippen molar-refractivity contribution in [2.75, 3.05) is 5.73 Å². The van der Waals surface area contributed by atoms with E-state index in [2.05, 4.69) is 16.3 Å². The van der Waals surface area contributed by atoms with Crippen molar-refractivity contribution in [3.8, 4) is 17.2 Å². The van der Waals surface area contributed by atoms with Gasteiger partial charge in [0.2, 0.25) is 0 Å². The topological polar surface area (TPSA) is 84.9 Å². The van der Waals surface area contributed by atoms with Gasteiger partial charge in [0.25, 0.3) is 0 Å². The Labute approximate surface area is 103 Å². The molecule has 0 amide bonds. The van der Waals surface area contributed by atoms with Crippen molar-refractivity contribution in [2.24, 2.45) is 7.05 Å². The molecule has 0 aromatic carbocycles. The molecule has 0 aliphatic rings. The SMILES string of the molecule is Cn1cc(-c2ccc3c(C#N)c(N)nn3c2)cn1. The minimum atomic E-state index is 0.251. The highest BCUT2D eigenvalue weighted by molar-refractivity contribution is 5.72. The van der Waals surface area contributed by atoms with Crippen LogP contribution in [-0.2, 0) is 7.05 Å². The molecule has 0 atom stereocenters. The van der Waals surface area contributed by atoms with Gasteiger partial charge in [-0.15, -0.1) is 5.10 Å². The monoisotopic (exact) mass is 238 g/mol. The van der Waals surface area contributed by atoms with Crippen LogP contribution >= 0.6 is 0 Å². The Morgan fingerprint density at radius 2 is 2.11 bits per heavy atom. The predicted molar refractivity (Wildman–Crippen MR) is 66.5 cm³/mol. The van der Waals surface area contributed by atoms with E-state index in [9.17, 15) is 0 Å². The number of anilines is 1. The van der Waals surface area contributed by atoms with Crippen LogP contribution in [0.3, 0.4) is 0 Å². The summed E-state index contributed by atoms with van der Waals surface area (Å²) in [6, 6.07) is 5.82. The number of nitriles is 1. The Hall–Kier alpha value is -2.81. The van der Waals surface area contributed by atoms with Gasteiger partial charge < -0.3 is 5.73 Å². The summed E-state index contributed by atoms with van der Waals surface area (Å²) in [5, 5.41) is 17.2. The van der Waals surface area contributed by atoms with Crippen LogP contribution in [0.15, 0.2) is 30.7 Å². The van der Waals surface area contributed by atoms with E-state index in [-0.39, 0.29) is 5.82 Å². The van der Waals surface area contributed by atoms with Gasteiger partial charge in [-0.1, -0.05) is 6.07 Å². The first-order chi connectivity index (χ1) is 8.69. The third kappa shape index (κ3) is 1.42. The van der Waals surface area contributed by atoms with E-state index in [4.69, 9.17) is 11.0 Å². The number of nitrogens with zero attached hydrogens (tertiary/aromatic N) is 5. The first-order valence-electron chi connectivity index (χ1n) is 5.36. The Balaban J connectivity index is 2.21. The number of nitrogen functional groups attached to an aromatic ring is 1. The molecule has 0 unspecified atom stereocenters. The van der Waals surface area contributed by atoms with Crippen molar-refractivity contribution in [3.63, 3.8) is 0 Å². The van der Waals surface area contributed by atoms with Gasteiger partial charge >= 0.3 is 0 Å². The van der Waals surface area contributed by atoms with Gasteiger partial charge in [0.05, 0.1) is 11.7 Å². The minimum Gasteiger partial charge on any atom is -0.381 e. The number of nitrogens with two attached hydrogens (primary N) is 1. The van der Waals surface area contributed by atoms with Gasteiger partial charge in [0.1, 0.15) is 11.6 Å². The van der Waals surface area contributed by atoms with Crippen molar-refractivity contribution in [1.29, 1.82) is 5.26 Å². The summed E-state index contributed by atoms with van der Waals surface area (Å²) in [5.41, 5.74) is 8.77. The quantitative estimate of drug-likeness (QED) is 0.690. The number of fused-ring (bicyclic) bond motifs is 1. The van der Waals surface area contributed by atoms with Crippen LogP contribution in [0.1, 0.15) is 5.56 Å². The summed E-state index contributed by atoms with van der Waals surface area (Å²) >= 11 is 0. The first-order valence-corrected chi connectivity index (χ1v) is 5.36. The van der Waals surface area contributed by atoms with Gasteiger partial charge in [-0.25, -0.2) is 4.52 Å². The molecular weight excluding hydrogens is 228 g/mol. The first kappa shape index (κ1) is 10.4. The van der Waals surface area contributed by atoms with Crippen LogP contribution in [0.2, 0.25) is 0 Å². The third-order valence-corrected chi connectivity index (χ3v) is 2.81. The highest BCUT2D eigenvalue weighted by Gasteiger charge is 2.10. The highest BCUT2D eigenvalue weighted by atomic mass is 15.3. The summed E-state index contributed by atoms with van der Waals surface area (Å²) in [5.74, 6) is 0.251. The molecular formula is C12H10N6. The summed E-state index contributed by atoms with van der Waals surface area (Å²) in [6.07, 6.45) is 5.53. The molecule has 2 N–H and O–H groups in total. The van der Waals surface area contributed by atoms with Gasteiger partial charge in [-0.2, -0.15) is 10.4 Å². The van der Waals surface area contributed by atoms with E-state index in [1.165, 1.54) is 0 Å². The summed E-state index contributed by atoms with van der Waals surface area (Å²) in [6.45, 7) is 0. The van der Waals surface area contributed by atoms with Crippen molar-refractivity contribution in [1.82, 2.24) is 19.4 Å². The number of rotatable bonds is 1. The lowest BCUT2D eigenvalue weighted by atomic mass is 10.1. The van der Waals surface area contributed by atoms with Gasteiger partial charge in [-0.3, -0.25) is 4.68 Å². The molecule has 0 aliphatic carbocycles. The molecule has 6 heteroatoms. The zero-order valence-electron chi connectivity index (χ0n) is 9.70. The van der Waals surface area contributed by atoms with Crippen molar-refractivity contribution >= 4 is 11.3 Å². The van der Waals surface area contributed by atoms with Crippen LogP contribution in [-0.4, -0.2) is 19.4 Å². The summed E-state index contributed by atoms with van der Waals surface area (Å²) in [7, 11) is 1.86. The third-order valence-electron chi connectivity index (χ3n) is 2.81. The molecule has 3 rings (SSSR count). The van der Waals surface area contributed by atoms with Gasteiger partial charge in [0, 0.05) is 30.6 Å². The van der Waals surface area contributed by atoms with E-state index in [0.717, 1.165) is 11.1 Å². The molecule has 0 spiro atoms. The fraction of sp³-hybridized carbons (Fsp3) is 0.0833. The van der Waals surface area contributed by atoms with Crippen LogP contribution in [0.4, 0.5) is 5.82 Å². The van der Waals surface area contributed by atoms with E-state index in [0.29, 0.717) is 11.1 Å². The fourth-order valence-corrected chi connectivity index (χ4v) is 1.92. The minimum absolute atomic E-state index is 0.251. The molecule has 0 aliphatic heterocycles. The molecule has 0 radical (unpaired) electrons. The highest BCUT2D eigenvalue weighted by Crippen LogP contribution is 2.22. The predicted octanol–water partition coefficient (Wildman–Crippen LogP) is 1.19. The van der Waals surface area contributed by atoms with E-state index in [1.807, 2.05) is 31.6 Å². The summed E-state index contributed by atoms with van der Waals surface area (Å²) in [4.78, 5) is 0. The van der Waals surface area contributed by atoms with Gasteiger partial charge in [-0.05, 0) is 6.07 Å². The van der Waals surface area contributed by atoms with Crippen molar-refractivity contribution in [2.45, 2.75) is 0 Å². The molecule has 0 saturated carbocycles. The smallest absolute Gasteiger partial charge is 0.164 e. The molecule has 0 fully saturated rings. The number of aryl methyl sites for hydroxylation is 1.